The van der Waals surface area contributed by atoms with Crippen molar-refractivity contribution in [2.75, 3.05) is 25.2 Å². The second-order valence-electron chi connectivity index (χ2n) is 6.79. The average molecular weight is 367 g/mol. The number of benzene rings is 2. The summed E-state index contributed by atoms with van der Waals surface area (Å²) >= 11 is 0. The minimum absolute atomic E-state index is 0.224. The Kier molecular flexibility index (Phi) is 6.60. The summed E-state index contributed by atoms with van der Waals surface area (Å²) in [5.41, 5.74) is 3.05. The van der Waals surface area contributed by atoms with E-state index in [2.05, 4.69) is 0 Å². The highest BCUT2D eigenvalue weighted by Crippen LogP contribution is 2.22. The smallest absolute Gasteiger partial charge is 0.414 e. The Hall–Kier alpha value is -2.66. The summed E-state index contributed by atoms with van der Waals surface area (Å²) in [6, 6.07) is 17.7. The van der Waals surface area contributed by atoms with Crippen LogP contribution in [0.2, 0.25) is 0 Å². The zero-order valence-electron chi connectivity index (χ0n) is 15.6. The summed E-state index contributed by atoms with van der Waals surface area (Å²) in [6.45, 7) is 0.900. The van der Waals surface area contributed by atoms with E-state index in [4.69, 9.17) is 9.47 Å². The van der Waals surface area contributed by atoms with E-state index in [1.54, 1.807) is 12.0 Å². The van der Waals surface area contributed by atoms with Crippen LogP contribution in [0.15, 0.2) is 54.6 Å². The molecule has 1 aliphatic heterocycles. The molecule has 0 saturated carbocycles. The number of hydrogen-bond acceptors (Lipinski definition) is 4. The summed E-state index contributed by atoms with van der Waals surface area (Å²) in [5, 5.41) is 0. The van der Waals surface area contributed by atoms with Crippen molar-refractivity contribution in [1.82, 2.24) is 0 Å². The lowest BCUT2D eigenvalue weighted by molar-refractivity contribution is -0.118. The number of methoxy groups -OCH3 is 1. The molecular weight excluding hydrogens is 342 g/mol. The maximum absolute atomic E-state index is 12.1. The quantitative estimate of drug-likeness (QED) is 0.677. The summed E-state index contributed by atoms with van der Waals surface area (Å²) < 4.78 is 10.3. The number of anilines is 1. The van der Waals surface area contributed by atoms with Crippen LogP contribution in [0.4, 0.5) is 10.5 Å². The van der Waals surface area contributed by atoms with Crippen LogP contribution >= 0.6 is 0 Å². The molecule has 1 atom stereocenters. The summed E-state index contributed by atoms with van der Waals surface area (Å²) in [4.78, 5) is 25.7. The Morgan fingerprint density at radius 2 is 1.85 bits per heavy atom. The van der Waals surface area contributed by atoms with Gasteiger partial charge < -0.3 is 9.47 Å². The number of hydrogen-bond donors (Lipinski definition) is 0. The van der Waals surface area contributed by atoms with E-state index < -0.39 is 0 Å². The zero-order chi connectivity index (χ0) is 19.1. The lowest BCUT2D eigenvalue weighted by atomic mass is 10.0. The summed E-state index contributed by atoms with van der Waals surface area (Å²) in [7, 11) is 1.59. The van der Waals surface area contributed by atoms with E-state index in [1.165, 1.54) is 0 Å². The average Bonchev–Trinajstić information content (AvgIpc) is 3.04. The highest BCUT2D eigenvalue weighted by molar-refractivity contribution is 5.89. The van der Waals surface area contributed by atoms with Gasteiger partial charge in [0.25, 0.3) is 0 Å². The molecule has 27 heavy (non-hydrogen) atoms. The zero-order valence-corrected chi connectivity index (χ0v) is 15.6. The van der Waals surface area contributed by atoms with Crippen LogP contribution in [0.3, 0.4) is 0 Å². The van der Waals surface area contributed by atoms with Gasteiger partial charge in [-0.1, -0.05) is 42.5 Å². The number of ketones is 1. The van der Waals surface area contributed by atoms with Crippen molar-refractivity contribution < 1.29 is 19.1 Å². The molecule has 1 saturated heterocycles. The predicted octanol–water partition coefficient (Wildman–Crippen LogP) is 3.79. The third-order valence-corrected chi connectivity index (χ3v) is 4.64. The van der Waals surface area contributed by atoms with Gasteiger partial charge in [0, 0.05) is 25.6 Å². The van der Waals surface area contributed by atoms with E-state index in [1.807, 2.05) is 54.6 Å². The van der Waals surface area contributed by atoms with Gasteiger partial charge in [0.15, 0.2) is 0 Å². The van der Waals surface area contributed by atoms with E-state index in [9.17, 15) is 9.59 Å². The number of cyclic esters (lactones) is 1. The molecule has 2 aromatic rings. The number of rotatable bonds is 9. The van der Waals surface area contributed by atoms with Crippen LogP contribution in [0, 0.1) is 0 Å². The van der Waals surface area contributed by atoms with Gasteiger partial charge in [0.05, 0.1) is 13.2 Å². The van der Waals surface area contributed by atoms with Crippen LogP contribution in [0.25, 0.3) is 0 Å². The fourth-order valence-corrected chi connectivity index (χ4v) is 3.25. The Labute approximate surface area is 159 Å². The molecule has 1 amide bonds. The van der Waals surface area contributed by atoms with Crippen LogP contribution in [-0.4, -0.2) is 38.2 Å². The predicted molar refractivity (Wildman–Crippen MR) is 104 cm³/mol. The van der Waals surface area contributed by atoms with Gasteiger partial charge in [0.1, 0.15) is 11.9 Å². The molecule has 5 heteroatoms. The van der Waals surface area contributed by atoms with Crippen LogP contribution < -0.4 is 4.90 Å². The number of Topliss-reactive ketones (excluding diaryl/α,β-unsaturated/α-hetero) is 1. The number of amides is 1. The lowest BCUT2D eigenvalue weighted by Gasteiger charge is -2.13. The van der Waals surface area contributed by atoms with Gasteiger partial charge >= 0.3 is 6.09 Å². The first-order valence-electron chi connectivity index (χ1n) is 9.27. The monoisotopic (exact) mass is 367 g/mol. The number of aryl methyl sites for hydroxylation is 1. The van der Waals surface area contributed by atoms with Crippen LogP contribution in [-0.2, 0) is 27.1 Å². The Morgan fingerprint density at radius 3 is 2.56 bits per heavy atom. The SMILES string of the molecule is COC[C@H]1CN(c2ccc(CCCC(=O)Cc3ccccc3)cc2)C(=O)O1. The van der Waals surface area contributed by atoms with Crippen LogP contribution in [0.1, 0.15) is 24.0 Å². The molecule has 0 bridgehead atoms. The largest absolute Gasteiger partial charge is 0.441 e. The Bertz CT molecular complexity index is 758. The fraction of sp³-hybridized carbons (Fsp3) is 0.364. The standard InChI is InChI=1S/C22H25NO4/c1-26-16-21-15-23(22(25)27-21)19-12-10-17(11-13-19)8-5-9-20(24)14-18-6-3-2-4-7-18/h2-4,6-7,10-13,21H,5,8-9,14-16H2,1H3/t21-/m1/s1. The van der Waals surface area contributed by atoms with Gasteiger partial charge in [-0.2, -0.15) is 0 Å². The highest BCUT2D eigenvalue weighted by atomic mass is 16.6. The molecule has 3 rings (SSSR count). The molecule has 2 aromatic carbocycles. The molecule has 5 nitrogen and oxygen atoms in total. The van der Waals surface area contributed by atoms with Crippen molar-refractivity contribution in [1.29, 1.82) is 0 Å². The Balaban J connectivity index is 1.45. The maximum Gasteiger partial charge on any atom is 0.414 e. The Morgan fingerprint density at radius 1 is 1.11 bits per heavy atom. The fourth-order valence-electron chi connectivity index (χ4n) is 3.25. The molecule has 1 aliphatic rings. The molecule has 0 radical (unpaired) electrons. The molecule has 0 spiro atoms. The molecule has 1 fully saturated rings. The van der Waals surface area contributed by atoms with Gasteiger partial charge in [-0.05, 0) is 36.1 Å². The summed E-state index contributed by atoms with van der Waals surface area (Å²) in [6.07, 6.45) is 2.19. The first-order chi connectivity index (χ1) is 13.2. The molecule has 142 valence electrons. The van der Waals surface area contributed by atoms with Crippen molar-refractivity contribution in [2.45, 2.75) is 31.8 Å². The lowest BCUT2D eigenvalue weighted by Crippen LogP contribution is -2.25. The third kappa shape index (κ3) is 5.41. The van der Waals surface area contributed by atoms with Gasteiger partial charge in [-0.25, -0.2) is 4.79 Å². The van der Waals surface area contributed by atoms with Crippen molar-refractivity contribution in [3.63, 3.8) is 0 Å². The van der Waals surface area contributed by atoms with Gasteiger partial charge in [-0.15, -0.1) is 0 Å². The van der Waals surface area contributed by atoms with Gasteiger partial charge in [0.2, 0.25) is 0 Å². The molecule has 0 aliphatic carbocycles. The molecule has 1 heterocycles. The normalized spacial score (nSPS) is 16.4. The van der Waals surface area contributed by atoms with Crippen molar-refractivity contribution in [3.8, 4) is 0 Å². The van der Waals surface area contributed by atoms with E-state index in [0.717, 1.165) is 29.7 Å². The maximum atomic E-state index is 12.1. The molecule has 0 aromatic heterocycles. The number of carbonyl (C=O) groups excluding carboxylic acids is 2. The second kappa shape index (κ2) is 9.33. The van der Waals surface area contributed by atoms with E-state index >= 15 is 0 Å². The molecule has 0 unspecified atom stereocenters. The topological polar surface area (TPSA) is 55.8 Å². The van der Waals surface area contributed by atoms with Gasteiger partial charge in [-0.3, -0.25) is 9.69 Å². The first kappa shape index (κ1) is 19.1. The molecule has 0 N–H and O–H groups in total. The van der Waals surface area contributed by atoms with Crippen molar-refractivity contribution >= 4 is 17.6 Å². The van der Waals surface area contributed by atoms with E-state index in [0.29, 0.717) is 26.0 Å². The van der Waals surface area contributed by atoms with Crippen LogP contribution in [0.5, 0.6) is 0 Å². The van der Waals surface area contributed by atoms with Crippen molar-refractivity contribution in [3.05, 3.63) is 65.7 Å². The number of carbonyl (C=O) groups is 2. The first-order valence-corrected chi connectivity index (χ1v) is 9.27. The number of nitrogens with zero attached hydrogens (tertiary/aromatic N) is 1. The number of ether oxygens (including phenoxy) is 2. The highest BCUT2D eigenvalue weighted by Gasteiger charge is 2.32. The van der Waals surface area contributed by atoms with Crippen molar-refractivity contribution in [2.24, 2.45) is 0 Å². The minimum atomic E-state index is -0.337. The summed E-state index contributed by atoms with van der Waals surface area (Å²) in [5.74, 6) is 0.266. The molecular formula is C22H25NO4. The second-order valence-corrected chi connectivity index (χ2v) is 6.79. The minimum Gasteiger partial charge on any atom is -0.441 e. The third-order valence-electron chi connectivity index (χ3n) is 4.64. The van der Waals surface area contributed by atoms with E-state index in [-0.39, 0.29) is 18.0 Å².